The molecule has 0 saturated heterocycles. The SMILES string of the molecule is CC1(C)CNC(=O)c2ccc(-c3c[nH]c4nc(Nc5ccncc5)ncc34)cc21. The van der Waals surface area contributed by atoms with Crippen molar-refractivity contribution in [1.82, 2.24) is 25.3 Å². The normalized spacial score (nSPS) is 15.0. The molecule has 4 aromatic rings. The van der Waals surface area contributed by atoms with Gasteiger partial charge in [-0.1, -0.05) is 19.9 Å². The van der Waals surface area contributed by atoms with Crippen molar-refractivity contribution < 1.29 is 4.79 Å². The van der Waals surface area contributed by atoms with E-state index in [0.717, 1.165) is 39.0 Å². The van der Waals surface area contributed by atoms with Crippen LogP contribution in [0.4, 0.5) is 11.6 Å². The first-order valence-corrected chi connectivity index (χ1v) is 9.45. The third-order valence-corrected chi connectivity index (χ3v) is 5.36. The van der Waals surface area contributed by atoms with E-state index in [0.29, 0.717) is 12.5 Å². The minimum atomic E-state index is -0.122. The number of aromatic nitrogens is 4. The van der Waals surface area contributed by atoms with Gasteiger partial charge < -0.3 is 15.6 Å². The first kappa shape index (κ1) is 17.4. The predicted molar refractivity (Wildman–Crippen MR) is 112 cm³/mol. The highest BCUT2D eigenvalue weighted by Crippen LogP contribution is 2.35. The van der Waals surface area contributed by atoms with Crippen LogP contribution in [0.15, 0.2) is 55.1 Å². The molecule has 3 aromatic heterocycles. The second-order valence-electron chi connectivity index (χ2n) is 7.85. The summed E-state index contributed by atoms with van der Waals surface area (Å²) in [6, 6.07) is 9.71. The van der Waals surface area contributed by atoms with Crippen molar-refractivity contribution in [1.29, 1.82) is 0 Å². The average Bonchev–Trinajstić information content (AvgIpc) is 3.15. The summed E-state index contributed by atoms with van der Waals surface area (Å²) in [5, 5.41) is 7.07. The Kier molecular flexibility index (Phi) is 3.84. The van der Waals surface area contributed by atoms with E-state index < -0.39 is 0 Å². The van der Waals surface area contributed by atoms with Crippen LogP contribution >= 0.6 is 0 Å². The lowest BCUT2D eigenvalue weighted by Gasteiger charge is -2.32. The Labute approximate surface area is 167 Å². The minimum Gasteiger partial charge on any atom is -0.351 e. The molecule has 3 N–H and O–H groups in total. The van der Waals surface area contributed by atoms with Gasteiger partial charge in [-0.2, -0.15) is 4.98 Å². The van der Waals surface area contributed by atoms with Crippen molar-refractivity contribution in [2.75, 3.05) is 11.9 Å². The van der Waals surface area contributed by atoms with E-state index in [-0.39, 0.29) is 11.3 Å². The quantitative estimate of drug-likeness (QED) is 0.500. The molecule has 0 fully saturated rings. The molecule has 0 saturated carbocycles. The number of nitrogens with one attached hydrogen (secondary N) is 3. The van der Waals surface area contributed by atoms with E-state index in [1.54, 1.807) is 12.4 Å². The molecule has 1 aliphatic rings. The number of aromatic amines is 1. The van der Waals surface area contributed by atoms with E-state index in [9.17, 15) is 4.79 Å². The number of pyridine rings is 1. The lowest BCUT2D eigenvalue weighted by molar-refractivity contribution is 0.0930. The van der Waals surface area contributed by atoms with Crippen molar-refractivity contribution in [3.8, 4) is 11.1 Å². The average molecular weight is 384 g/mol. The van der Waals surface area contributed by atoms with E-state index >= 15 is 0 Å². The molecule has 0 spiro atoms. The van der Waals surface area contributed by atoms with Crippen molar-refractivity contribution in [3.05, 3.63) is 66.2 Å². The summed E-state index contributed by atoms with van der Waals surface area (Å²) in [5.74, 6) is 0.500. The van der Waals surface area contributed by atoms with Gasteiger partial charge in [0.05, 0.1) is 0 Å². The Bertz CT molecular complexity index is 1230. The zero-order chi connectivity index (χ0) is 20.0. The lowest BCUT2D eigenvalue weighted by atomic mass is 9.78. The molecule has 0 aliphatic carbocycles. The highest BCUT2D eigenvalue weighted by atomic mass is 16.1. The lowest BCUT2D eigenvalue weighted by Crippen LogP contribution is -2.43. The number of anilines is 2. The monoisotopic (exact) mass is 384 g/mol. The number of hydrogen-bond donors (Lipinski definition) is 3. The Morgan fingerprint density at radius 3 is 2.76 bits per heavy atom. The summed E-state index contributed by atoms with van der Waals surface area (Å²) >= 11 is 0. The van der Waals surface area contributed by atoms with E-state index in [1.807, 2.05) is 36.7 Å². The first-order valence-electron chi connectivity index (χ1n) is 9.45. The zero-order valence-corrected chi connectivity index (χ0v) is 16.2. The van der Waals surface area contributed by atoms with Gasteiger partial charge in [-0.05, 0) is 35.4 Å². The van der Waals surface area contributed by atoms with Gasteiger partial charge in [0.1, 0.15) is 5.65 Å². The number of nitrogens with zero attached hydrogens (tertiary/aromatic N) is 3. The topological polar surface area (TPSA) is 95.6 Å². The molecular weight excluding hydrogens is 364 g/mol. The third kappa shape index (κ3) is 3.00. The van der Waals surface area contributed by atoms with Gasteiger partial charge in [-0.15, -0.1) is 0 Å². The number of H-pyrrole nitrogens is 1. The van der Waals surface area contributed by atoms with Gasteiger partial charge in [0.2, 0.25) is 5.95 Å². The maximum Gasteiger partial charge on any atom is 0.251 e. The van der Waals surface area contributed by atoms with Gasteiger partial charge in [-0.3, -0.25) is 9.78 Å². The van der Waals surface area contributed by atoms with E-state index in [4.69, 9.17) is 0 Å². The summed E-state index contributed by atoms with van der Waals surface area (Å²) in [4.78, 5) is 28.5. The standard InChI is InChI=1S/C22H20N6O/c1-22(2)12-26-20(29)15-4-3-13(9-18(15)22)16-10-24-19-17(16)11-25-21(28-19)27-14-5-7-23-8-6-14/h3-11H,12H2,1-2H3,(H,26,29)(H2,23,24,25,27,28). The fraction of sp³-hybridized carbons (Fsp3) is 0.182. The molecule has 0 bridgehead atoms. The van der Waals surface area contributed by atoms with Gasteiger partial charge >= 0.3 is 0 Å². The summed E-state index contributed by atoms with van der Waals surface area (Å²) in [7, 11) is 0. The van der Waals surface area contributed by atoms with Gasteiger partial charge in [0, 0.05) is 58.9 Å². The Balaban J connectivity index is 1.54. The van der Waals surface area contributed by atoms with Crippen LogP contribution in [-0.2, 0) is 5.41 Å². The molecule has 7 heteroatoms. The van der Waals surface area contributed by atoms with Crippen LogP contribution < -0.4 is 10.6 Å². The maximum atomic E-state index is 12.2. The number of amides is 1. The van der Waals surface area contributed by atoms with E-state index in [1.165, 1.54) is 0 Å². The Morgan fingerprint density at radius 2 is 1.93 bits per heavy atom. The highest BCUT2D eigenvalue weighted by molar-refractivity contribution is 5.99. The molecule has 1 amide bonds. The van der Waals surface area contributed by atoms with Crippen LogP contribution in [0, 0.1) is 0 Å². The zero-order valence-electron chi connectivity index (χ0n) is 16.2. The number of fused-ring (bicyclic) bond motifs is 2. The summed E-state index contributed by atoms with van der Waals surface area (Å²) < 4.78 is 0. The molecule has 7 nitrogen and oxygen atoms in total. The van der Waals surface area contributed by atoms with Crippen LogP contribution in [0.5, 0.6) is 0 Å². The molecule has 4 heterocycles. The number of hydrogen-bond acceptors (Lipinski definition) is 5. The highest BCUT2D eigenvalue weighted by Gasteiger charge is 2.31. The van der Waals surface area contributed by atoms with Crippen LogP contribution in [0.2, 0.25) is 0 Å². The largest absolute Gasteiger partial charge is 0.351 e. The predicted octanol–water partition coefficient (Wildman–Crippen LogP) is 3.78. The summed E-state index contributed by atoms with van der Waals surface area (Å²) in [5.41, 5.74) is 5.36. The number of benzene rings is 1. The Hall–Kier alpha value is -3.74. The molecule has 1 aromatic carbocycles. The van der Waals surface area contributed by atoms with Crippen LogP contribution in [0.1, 0.15) is 29.8 Å². The maximum absolute atomic E-state index is 12.2. The van der Waals surface area contributed by atoms with Crippen molar-refractivity contribution in [2.45, 2.75) is 19.3 Å². The van der Waals surface area contributed by atoms with Crippen molar-refractivity contribution >= 4 is 28.6 Å². The molecular formula is C22H20N6O. The smallest absolute Gasteiger partial charge is 0.251 e. The second-order valence-corrected chi connectivity index (χ2v) is 7.85. The van der Waals surface area contributed by atoms with Crippen LogP contribution in [0.3, 0.4) is 0 Å². The second kappa shape index (κ2) is 6.41. The molecule has 144 valence electrons. The molecule has 0 radical (unpaired) electrons. The number of carbonyl (C=O) groups is 1. The molecule has 5 rings (SSSR count). The summed E-state index contributed by atoms with van der Waals surface area (Å²) in [6.45, 7) is 4.91. The van der Waals surface area contributed by atoms with E-state index in [2.05, 4.69) is 50.5 Å². The van der Waals surface area contributed by atoms with Crippen molar-refractivity contribution in [3.63, 3.8) is 0 Å². The van der Waals surface area contributed by atoms with Crippen molar-refractivity contribution in [2.24, 2.45) is 0 Å². The summed E-state index contributed by atoms with van der Waals surface area (Å²) in [6.07, 6.45) is 7.18. The molecule has 1 aliphatic heterocycles. The van der Waals surface area contributed by atoms with Crippen LogP contribution in [-0.4, -0.2) is 32.4 Å². The van der Waals surface area contributed by atoms with Crippen LogP contribution in [0.25, 0.3) is 22.2 Å². The Morgan fingerprint density at radius 1 is 1.10 bits per heavy atom. The first-order chi connectivity index (χ1) is 14.0. The van der Waals surface area contributed by atoms with Gasteiger partial charge in [0.15, 0.2) is 0 Å². The third-order valence-electron chi connectivity index (χ3n) is 5.36. The molecule has 29 heavy (non-hydrogen) atoms. The molecule has 0 unspecified atom stereocenters. The number of rotatable bonds is 3. The molecule has 0 atom stereocenters. The fourth-order valence-corrected chi connectivity index (χ4v) is 3.73. The fourth-order valence-electron chi connectivity index (χ4n) is 3.73. The van der Waals surface area contributed by atoms with Gasteiger partial charge in [0.25, 0.3) is 5.91 Å². The number of carbonyl (C=O) groups excluding carboxylic acids is 1. The minimum absolute atomic E-state index is 0.0139. The van der Waals surface area contributed by atoms with Gasteiger partial charge in [-0.25, -0.2) is 4.98 Å².